The Hall–Kier alpha value is -5.91. The molecule has 11 nitrogen and oxygen atoms in total. The van der Waals surface area contributed by atoms with Gasteiger partial charge in [-0.2, -0.15) is 9.49 Å². The number of nitro benzene ring substituents is 1. The Kier molecular flexibility index (Phi) is 7.45. The molecule has 0 fully saturated rings. The first-order valence-corrected chi connectivity index (χ1v) is 12.1. The number of carbonyl (C=O) groups excluding carboxylic acids is 2. The molecule has 0 saturated carbocycles. The van der Waals surface area contributed by atoms with E-state index in [-0.39, 0.29) is 16.9 Å². The molecule has 0 aliphatic carbocycles. The van der Waals surface area contributed by atoms with E-state index in [1.807, 2.05) is 30.3 Å². The number of aromatic nitrogens is 2. The third-order valence-corrected chi connectivity index (χ3v) is 5.83. The first-order valence-electron chi connectivity index (χ1n) is 12.1. The topological polar surface area (TPSA) is 147 Å². The summed E-state index contributed by atoms with van der Waals surface area (Å²) >= 11 is 0. The predicted octanol–water partition coefficient (Wildman–Crippen LogP) is 4.89. The van der Waals surface area contributed by atoms with E-state index in [0.717, 1.165) is 24.3 Å². The molecule has 0 aliphatic heterocycles. The van der Waals surface area contributed by atoms with Gasteiger partial charge in [0.1, 0.15) is 11.3 Å². The van der Waals surface area contributed by atoms with E-state index in [4.69, 9.17) is 9.15 Å². The van der Waals surface area contributed by atoms with Crippen molar-refractivity contribution < 1.29 is 28.1 Å². The number of benzene rings is 3. The fourth-order valence-corrected chi connectivity index (χ4v) is 3.93. The van der Waals surface area contributed by atoms with E-state index >= 15 is 0 Å². The molecule has 3 aromatic carbocycles. The minimum Gasteiger partial charge on any atom is -0.452 e. The zero-order valence-corrected chi connectivity index (χ0v) is 21.0. The Morgan fingerprint density at radius 2 is 1.83 bits per heavy atom. The zero-order valence-electron chi connectivity index (χ0n) is 21.0. The lowest BCUT2D eigenvalue weighted by molar-refractivity contribution is -0.387. The molecule has 5 aromatic rings. The number of amides is 1. The number of esters is 1. The predicted molar refractivity (Wildman–Crippen MR) is 147 cm³/mol. The third-order valence-electron chi connectivity index (χ3n) is 5.83. The number of para-hydroxylation sites is 2. The highest BCUT2D eigenvalue weighted by Gasteiger charge is 2.18. The molecule has 1 amide bonds. The Labute approximate surface area is 230 Å². The van der Waals surface area contributed by atoms with Gasteiger partial charge in [0, 0.05) is 35.0 Å². The molecule has 0 saturated heterocycles. The molecule has 2 aromatic heterocycles. The number of halogens is 1. The van der Waals surface area contributed by atoms with Crippen molar-refractivity contribution in [2.75, 3.05) is 11.9 Å². The van der Waals surface area contributed by atoms with Crippen molar-refractivity contribution in [2.45, 2.75) is 0 Å². The van der Waals surface area contributed by atoms with Gasteiger partial charge in [-0.3, -0.25) is 14.9 Å². The van der Waals surface area contributed by atoms with Gasteiger partial charge in [0.2, 0.25) is 5.82 Å². The minimum atomic E-state index is -1.05. The third kappa shape index (κ3) is 6.06. The summed E-state index contributed by atoms with van der Waals surface area (Å²) in [5.74, 6) is -2.73. The molecule has 0 unspecified atom stereocenters. The van der Waals surface area contributed by atoms with Crippen LogP contribution in [0.2, 0.25) is 0 Å². The fraction of sp³-hybridized carbons (Fsp3) is 0.0345. The normalized spacial score (nSPS) is 11.0. The number of carbonyl (C=O) groups is 2. The van der Waals surface area contributed by atoms with Crippen LogP contribution in [0.4, 0.5) is 15.8 Å². The molecule has 0 aliphatic rings. The van der Waals surface area contributed by atoms with E-state index < -0.39 is 40.5 Å². The number of rotatable bonds is 8. The number of nitro groups is 1. The van der Waals surface area contributed by atoms with Gasteiger partial charge in [0.05, 0.1) is 16.2 Å². The van der Waals surface area contributed by atoms with Crippen molar-refractivity contribution in [3.05, 3.63) is 123 Å². The molecule has 204 valence electrons. The number of ether oxygens (including phenoxy) is 1. The van der Waals surface area contributed by atoms with Crippen LogP contribution in [0, 0.1) is 15.9 Å². The van der Waals surface area contributed by atoms with Crippen LogP contribution in [0.5, 0.6) is 0 Å². The average Bonchev–Trinajstić information content (AvgIpc) is 3.40. The second kappa shape index (κ2) is 11.5. The highest BCUT2D eigenvalue weighted by atomic mass is 19.1. The van der Waals surface area contributed by atoms with E-state index in [9.17, 15) is 28.9 Å². The summed E-state index contributed by atoms with van der Waals surface area (Å²) in [5.41, 5.74) is 0.495. The van der Waals surface area contributed by atoms with Crippen LogP contribution in [-0.2, 0) is 14.3 Å². The summed E-state index contributed by atoms with van der Waals surface area (Å²) in [6, 6.07) is 20.6. The molecule has 0 atom stereocenters. The van der Waals surface area contributed by atoms with Crippen molar-refractivity contribution in [3.8, 4) is 16.9 Å². The Morgan fingerprint density at radius 3 is 2.61 bits per heavy atom. The van der Waals surface area contributed by atoms with Gasteiger partial charge in [-0.1, -0.05) is 36.4 Å². The monoisotopic (exact) mass is 554 g/mol. The first kappa shape index (κ1) is 26.7. The van der Waals surface area contributed by atoms with Crippen LogP contribution in [-0.4, -0.2) is 33.2 Å². The lowest BCUT2D eigenvalue weighted by Crippen LogP contribution is -2.20. The molecular formula is C29H19FN4O7. The largest absolute Gasteiger partial charge is 0.452 e. The number of fused-ring (bicyclic) bond motifs is 1. The van der Waals surface area contributed by atoms with Crippen molar-refractivity contribution in [3.63, 3.8) is 0 Å². The van der Waals surface area contributed by atoms with Gasteiger partial charge in [-0.25, -0.2) is 14.3 Å². The highest BCUT2D eigenvalue weighted by molar-refractivity contribution is 5.95. The number of nitrogens with one attached hydrogen (secondary N) is 1. The summed E-state index contributed by atoms with van der Waals surface area (Å²) in [4.78, 5) is 47.4. The Balaban J connectivity index is 1.35. The van der Waals surface area contributed by atoms with Crippen LogP contribution in [0.25, 0.3) is 34.0 Å². The van der Waals surface area contributed by atoms with Gasteiger partial charge in [-0.15, -0.1) is 0 Å². The zero-order chi connectivity index (χ0) is 28.9. The number of hydrogen-bond acceptors (Lipinski definition) is 8. The molecule has 1 N–H and O–H groups in total. The maximum absolute atomic E-state index is 13.5. The highest BCUT2D eigenvalue weighted by Crippen LogP contribution is 2.26. The quantitative estimate of drug-likeness (QED) is 0.0938. The van der Waals surface area contributed by atoms with Crippen LogP contribution in [0.15, 0.2) is 100 Å². The van der Waals surface area contributed by atoms with E-state index in [0.29, 0.717) is 22.2 Å². The second-order valence-corrected chi connectivity index (χ2v) is 8.61. The van der Waals surface area contributed by atoms with Crippen molar-refractivity contribution in [1.82, 2.24) is 9.78 Å². The molecule has 5 rings (SSSR count). The molecular weight excluding hydrogens is 535 g/mol. The Morgan fingerprint density at radius 1 is 1.07 bits per heavy atom. The number of nitrogens with zero attached hydrogens (tertiary/aromatic N) is 3. The van der Waals surface area contributed by atoms with Crippen molar-refractivity contribution in [1.29, 1.82) is 0 Å². The maximum atomic E-state index is 13.5. The van der Waals surface area contributed by atoms with Gasteiger partial charge >= 0.3 is 17.3 Å². The van der Waals surface area contributed by atoms with Gasteiger partial charge in [-0.05, 0) is 42.5 Å². The van der Waals surface area contributed by atoms with Gasteiger partial charge in [0.25, 0.3) is 5.91 Å². The standard InChI is InChI=1S/C29H19FN4O7/c30-23-12-11-20(15-24(23)34(38)39)31-26(35)17-40-27(36)13-10-19-16-33(21-7-2-1-3-8-21)32-28(19)22-14-18-6-4-5-9-25(18)41-29(22)37/h1-16H,17H2,(H,31,35)/b13-10+. The Bertz CT molecular complexity index is 1880. The summed E-state index contributed by atoms with van der Waals surface area (Å²) in [6.07, 6.45) is 4.08. The lowest BCUT2D eigenvalue weighted by Gasteiger charge is -2.05. The lowest BCUT2D eigenvalue weighted by atomic mass is 10.1. The van der Waals surface area contributed by atoms with Crippen LogP contribution < -0.4 is 10.9 Å². The summed E-state index contributed by atoms with van der Waals surface area (Å²) in [6.45, 7) is -0.710. The van der Waals surface area contributed by atoms with Crippen LogP contribution >= 0.6 is 0 Å². The summed E-state index contributed by atoms with van der Waals surface area (Å²) < 4.78 is 25.5. The summed E-state index contributed by atoms with van der Waals surface area (Å²) in [5, 5.41) is 18.4. The van der Waals surface area contributed by atoms with E-state index in [1.165, 1.54) is 6.08 Å². The molecule has 2 heterocycles. The van der Waals surface area contributed by atoms with Crippen molar-refractivity contribution in [2.24, 2.45) is 0 Å². The van der Waals surface area contributed by atoms with Crippen LogP contribution in [0.1, 0.15) is 5.56 Å². The summed E-state index contributed by atoms with van der Waals surface area (Å²) in [7, 11) is 0. The van der Waals surface area contributed by atoms with Gasteiger partial charge < -0.3 is 14.5 Å². The van der Waals surface area contributed by atoms with E-state index in [2.05, 4.69) is 10.4 Å². The van der Waals surface area contributed by atoms with Crippen molar-refractivity contribution >= 4 is 40.3 Å². The molecule has 41 heavy (non-hydrogen) atoms. The molecule has 12 heteroatoms. The first-order chi connectivity index (χ1) is 19.8. The molecule has 0 spiro atoms. The average molecular weight is 554 g/mol. The molecule has 0 radical (unpaired) electrons. The number of hydrogen-bond donors (Lipinski definition) is 1. The minimum absolute atomic E-state index is 0.0399. The number of anilines is 1. The van der Waals surface area contributed by atoms with Crippen LogP contribution in [0.3, 0.4) is 0 Å². The maximum Gasteiger partial charge on any atom is 0.345 e. The van der Waals surface area contributed by atoms with Gasteiger partial charge in [0.15, 0.2) is 6.61 Å². The SMILES string of the molecule is O=C(COC(=O)/C=C/c1cn(-c2ccccc2)nc1-c1cc2ccccc2oc1=O)Nc1ccc(F)c([N+](=O)[O-])c1. The van der Waals surface area contributed by atoms with E-state index in [1.54, 1.807) is 41.2 Å². The second-order valence-electron chi connectivity index (χ2n) is 8.61. The fourth-order valence-electron chi connectivity index (χ4n) is 3.93. The molecule has 0 bridgehead atoms. The smallest absolute Gasteiger partial charge is 0.345 e.